The molecule has 2 aromatic rings. The minimum atomic E-state index is 0. The van der Waals surface area contributed by atoms with E-state index >= 15 is 0 Å². The molecule has 0 bridgehead atoms. The fourth-order valence-electron chi connectivity index (χ4n) is 3.09. The van der Waals surface area contributed by atoms with Gasteiger partial charge in [-0.05, 0) is 37.4 Å². The summed E-state index contributed by atoms with van der Waals surface area (Å²) in [7, 11) is 0. The number of nitrogens with two attached hydrogens (primary N) is 1. The van der Waals surface area contributed by atoms with Gasteiger partial charge in [-0.25, -0.2) is 0 Å². The van der Waals surface area contributed by atoms with Crippen LogP contribution >= 0.6 is 24.8 Å². The van der Waals surface area contributed by atoms with Gasteiger partial charge in [-0.2, -0.15) is 0 Å². The number of hydrogen-bond acceptors (Lipinski definition) is 4. The minimum absolute atomic E-state index is 0. The van der Waals surface area contributed by atoms with Gasteiger partial charge in [0.2, 0.25) is 0 Å². The average molecular weight is 412 g/mol. The number of nitrogens with zero attached hydrogens (tertiary/aromatic N) is 2. The third-order valence-electron chi connectivity index (χ3n) is 4.52. The van der Waals surface area contributed by atoms with Gasteiger partial charge in [0.25, 0.3) is 5.91 Å². The van der Waals surface area contributed by atoms with Crippen molar-refractivity contribution >= 4 is 30.7 Å². The molecule has 1 amide bonds. The van der Waals surface area contributed by atoms with Crippen LogP contribution < -0.4 is 5.73 Å². The van der Waals surface area contributed by atoms with Gasteiger partial charge in [0.1, 0.15) is 0 Å². The molecule has 1 saturated heterocycles. The Morgan fingerprint density at radius 3 is 2.48 bits per heavy atom. The Balaban J connectivity index is 0.00000182. The lowest BCUT2D eigenvalue weighted by Crippen LogP contribution is -2.41. The van der Waals surface area contributed by atoms with E-state index in [9.17, 15) is 4.79 Å². The predicted molar refractivity (Wildman–Crippen MR) is 113 cm³/mol. The third kappa shape index (κ3) is 6.47. The summed E-state index contributed by atoms with van der Waals surface area (Å²) in [5.74, 6) is 0.0469. The van der Waals surface area contributed by atoms with Crippen LogP contribution in [0.1, 0.15) is 29.6 Å². The van der Waals surface area contributed by atoms with Crippen LogP contribution in [0.4, 0.5) is 0 Å². The van der Waals surface area contributed by atoms with Gasteiger partial charge in [-0.1, -0.05) is 30.3 Å². The fourth-order valence-corrected chi connectivity index (χ4v) is 3.09. The second-order valence-corrected chi connectivity index (χ2v) is 6.33. The van der Waals surface area contributed by atoms with E-state index < -0.39 is 0 Å². The molecule has 0 spiro atoms. The highest BCUT2D eigenvalue weighted by Crippen LogP contribution is 2.21. The molecule has 1 aromatic carbocycles. The van der Waals surface area contributed by atoms with Gasteiger partial charge >= 0.3 is 0 Å². The van der Waals surface area contributed by atoms with Crippen molar-refractivity contribution in [1.82, 2.24) is 9.88 Å². The molecule has 1 aliphatic rings. The van der Waals surface area contributed by atoms with Crippen molar-refractivity contribution in [2.75, 3.05) is 26.2 Å². The molecule has 2 heterocycles. The molecule has 3 rings (SSSR count). The number of piperidine rings is 1. The minimum Gasteiger partial charge on any atom is -0.378 e. The number of ether oxygens (including phenoxy) is 1. The van der Waals surface area contributed by atoms with Crippen LogP contribution in [-0.4, -0.2) is 48.1 Å². The van der Waals surface area contributed by atoms with E-state index in [2.05, 4.69) is 4.98 Å². The van der Waals surface area contributed by atoms with Crippen molar-refractivity contribution < 1.29 is 9.53 Å². The SMILES string of the molecule is Cl.Cl.NCCCOC1CCN(C(=O)c2cncc(-c3ccccc3)c2)CC1. The Labute approximate surface area is 173 Å². The first-order chi connectivity index (χ1) is 12.3. The molecule has 1 aromatic heterocycles. The first-order valence-corrected chi connectivity index (χ1v) is 8.89. The maximum atomic E-state index is 12.8. The van der Waals surface area contributed by atoms with Gasteiger partial charge in [0.15, 0.2) is 0 Å². The molecule has 1 aliphatic heterocycles. The smallest absolute Gasteiger partial charge is 0.255 e. The van der Waals surface area contributed by atoms with Crippen molar-refractivity contribution in [3.05, 3.63) is 54.4 Å². The standard InChI is InChI=1S/C20H25N3O2.2ClH/c21-9-4-12-25-19-7-10-23(11-8-19)20(24)18-13-17(14-22-15-18)16-5-2-1-3-6-16;;/h1-3,5-6,13-15,19H,4,7-12,21H2;2*1H. The zero-order valence-corrected chi connectivity index (χ0v) is 16.9. The summed E-state index contributed by atoms with van der Waals surface area (Å²) in [6, 6.07) is 11.9. The molecule has 5 nitrogen and oxygen atoms in total. The van der Waals surface area contributed by atoms with Crippen molar-refractivity contribution in [2.45, 2.75) is 25.4 Å². The molecule has 2 N–H and O–H groups in total. The van der Waals surface area contributed by atoms with Crippen molar-refractivity contribution in [3.63, 3.8) is 0 Å². The highest BCUT2D eigenvalue weighted by molar-refractivity contribution is 5.95. The first kappa shape index (κ1) is 23.4. The van der Waals surface area contributed by atoms with Gasteiger partial charge in [-0.15, -0.1) is 24.8 Å². The van der Waals surface area contributed by atoms with Crippen LogP contribution in [0.25, 0.3) is 11.1 Å². The molecule has 0 saturated carbocycles. The number of aromatic nitrogens is 1. The average Bonchev–Trinajstić information content (AvgIpc) is 2.69. The van der Waals surface area contributed by atoms with Crippen molar-refractivity contribution in [3.8, 4) is 11.1 Å². The molecule has 27 heavy (non-hydrogen) atoms. The van der Waals surface area contributed by atoms with Gasteiger partial charge < -0.3 is 15.4 Å². The molecule has 1 fully saturated rings. The largest absolute Gasteiger partial charge is 0.378 e. The van der Waals surface area contributed by atoms with Crippen LogP contribution in [0.5, 0.6) is 0 Å². The van der Waals surface area contributed by atoms with Gasteiger partial charge in [-0.3, -0.25) is 9.78 Å². The summed E-state index contributed by atoms with van der Waals surface area (Å²) in [6.45, 7) is 2.81. The highest BCUT2D eigenvalue weighted by Gasteiger charge is 2.24. The fraction of sp³-hybridized carbons (Fsp3) is 0.400. The number of amides is 1. The Morgan fingerprint density at radius 1 is 1.11 bits per heavy atom. The maximum Gasteiger partial charge on any atom is 0.255 e. The van der Waals surface area contributed by atoms with E-state index in [1.54, 1.807) is 12.4 Å². The number of hydrogen-bond donors (Lipinski definition) is 1. The molecular weight excluding hydrogens is 385 g/mol. The molecule has 148 valence electrons. The van der Waals surface area contributed by atoms with Gasteiger partial charge in [0.05, 0.1) is 11.7 Å². The van der Waals surface area contributed by atoms with Crippen LogP contribution in [0.2, 0.25) is 0 Å². The van der Waals surface area contributed by atoms with Crippen LogP contribution in [0.15, 0.2) is 48.8 Å². The summed E-state index contributed by atoms with van der Waals surface area (Å²) >= 11 is 0. The number of halogens is 2. The molecule has 0 radical (unpaired) electrons. The Bertz CT molecular complexity index is 693. The topological polar surface area (TPSA) is 68.5 Å². The predicted octanol–water partition coefficient (Wildman–Crippen LogP) is 3.56. The number of pyridine rings is 1. The van der Waals surface area contributed by atoms with Crippen molar-refractivity contribution in [2.24, 2.45) is 5.73 Å². The highest BCUT2D eigenvalue weighted by atomic mass is 35.5. The number of carbonyl (C=O) groups is 1. The normalized spacial score (nSPS) is 14.2. The quantitative estimate of drug-likeness (QED) is 0.737. The van der Waals surface area contributed by atoms with E-state index in [1.807, 2.05) is 41.3 Å². The Kier molecular flexibility index (Phi) is 10.3. The van der Waals surface area contributed by atoms with E-state index in [-0.39, 0.29) is 36.8 Å². The first-order valence-electron chi connectivity index (χ1n) is 8.89. The monoisotopic (exact) mass is 411 g/mol. The maximum absolute atomic E-state index is 12.8. The lowest BCUT2D eigenvalue weighted by atomic mass is 10.0. The lowest BCUT2D eigenvalue weighted by Gasteiger charge is -2.32. The zero-order chi connectivity index (χ0) is 17.5. The van der Waals surface area contributed by atoms with Crippen LogP contribution in [0, 0.1) is 0 Å². The van der Waals surface area contributed by atoms with E-state index in [0.717, 1.165) is 43.5 Å². The number of carbonyl (C=O) groups excluding carboxylic acids is 1. The van der Waals surface area contributed by atoms with Crippen LogP contribution in [-0.2, 0) is 4.74 Å². The molecule has 0 aliphatic carbocycles. The second kappa shape index (κ2) is 11.9. The summed E-state index contributed by atoms with van der Waals surface area (Å²) in [4.78, 5) is 18.9. The van der Waals surface area contributed by atoms with E-state index in [0.29, 0.717) is 18.7 Å². The summed E-state index contributed by atoms with van der Waals surface area (Å²) in [5, 5.41) is 0. The lowest BCUT2D eigenvalue weighted by molar-refractivity contribution is 0.00844. The van der Waals surface area contributed by atoms with Crippen molar-refractivity contribution in [1.29, 1.82) is 0 Å². The molecule has 0 atom stereocenters. The summed E-state index contributed by atoms with van der Waals surface area (Å²) < 4.78 is 5.80. The number of benzene rings is 1. The molecule has 0 unspecified atom stereocenters. The van der Waals surface area contributed by atoms with E-state index in [1.165, 1.54) is 0 Å². The van der Waals surface area contributed by atoms with Gasteiger partial charge in [0, 0.05) is 37.7 Å². The number of rotatable bonds is 6. The summed E-state index contributed by atoms with van der Waals surface area (Å²) in [5.41, 5.74) is 8.16. The zero-order valence-electron chi connectivity index (χ0n) is 15.3. The number of likely N-dealkylation sites (tertiary alicyclic amines) is 1. The Morgan fingerprint density at radius 2 is 1.81 bits per heavy atom. The second-order valence-electron chi connectivity index (χ2n) is 6.33. The third-order valence-corrected chi connectivity index (χ3v) is 4.52. The summed E-state index contributed by atoms with van der Waals surface area (Å²) in [6.07, 6.45) is 6.33. The Hall–Kier alpha value is -1.66. The van der Waals surface area contributed by atoms with E-state index in [4.69, 9.17) is 10.5 Å². The van der Waals surface area contributed by atoms with Crippen LogP contribution in [0.3, 0.4) is 0 Å². The molecule has 7 heteroatoms. The molecular formula is C20H27Cl2N3O2.